The van der Waals surface area contributed by atoms with Crippen LogP contribution in [-0.2, 0) is 0 Å². The lowest BCUT2D eigenvalue weighted by Gasteiger charge is -2.19. The highest BCUT2D eigenvalue weighted by Gasteiger charge is 2.02. The third-order valence-corrected chi connectivity index (χ3v) is 3.24. The van der Waals surface area contributed by atoms with Crippen LogP contribution in [0, 0.1) is 0 Å². The monoisotopic (exact) mass is 239 g/mol. The zero-order valence-electron chi connectivity index (χ0n) is 11.3. The van der Waals surface area contributed by atoms with E-state index in [2.05, 4.69) is 73.5 Å². The molecular formula is C17H21N. The quantitative estimate of drug-likeness (QED) is 0.737. The molecule has 0 saturated carbocycles. The molecule has 0 amide bonds. The van der Waals surface area contributed by atoms with E-state index in [1.54, 1.807) is 0 Å². The lowest BCUT2D eigenvalue weighted by molar-refractivity contribution is 0.767. The van der Waals surface area contributed by atoms with Crippen molar-refractivity contribution in [2.75, 3.05) is 18.5 Å². The van der Waals surface area contributed by atoms with E-state index in [0.29, 0.717) is 0 Å². The molecule has 0 saturated heterocycles. The highest BCUT2D eigenvalue weighted by molar-refractivity contribution is 5.68. The molecule has 18 heavy (non-hydrogen) atoms. The molecule has 0 aromatic heterocycles. The summed E-state index contributed by atoms with van der Waals surface area (Å²) in [7, 11) is 2.17. The van der Waals surface area contributed by atoms with Crippen LogP contribution < -0.4 is 4.90 Å². The van der Waals surface area contributed by atoms with E-state index < -0.39 is 0 Å². The predicted molar refractivity (Wildman–Crippen MR) is 80.1 cm³/mol. The molecule has 0 spiro atoms. The fraction of sp³-hybridized carbons (Fsp3) is 0.294. The first kappa shape index (κ1) is 12.7. The van der Waals surface area contributed by atoms with Crippen LogP contribution in [0.1, 0.15) is 19.8 Å². The second-order valence-electron chi connectivity index (χ2n) is 4.69. The van der Waals surface area contributed by atoms with Gasteiger partial charge in [0.25, 0.3) is 0 Å². The summed E-state index contributed by atoms with van der Waals surface area (Å²) in [5, 5.41) is 0. The maximum Gasteiger partial charge on any atom is 0.0369 e. The van der Waals surface area contributed by atoms with Crippen LogP contribution in [0.3, 0.4) is 0 Å². The number of hydrogen-bond donors (Lipinski definition) is 0. The normalized spacial score (nSPS) is 10.3. The molecule has 2 aromatic carbocycles. The minimum absolute atomic E-state index is 1.12. The van der Waals surface area contributed by atoms with E-state index in [-0.39, 0.29) is 0 Å². The number of rotatable bonds is 5. The third kappa shape index (κ3) is 3.13. The molecule has 0 fully saturated rings. The average Bonchev–Trinajstić information content (AvgIpc) is 2.46. The molecule has 0 unspecified atom stereocenters. The molecule has 0 aliphatic heterocycles. The van der Waals surface area contributed by atoms with Crippen LogP contribution in [-0.4, -0.2) is 13.6 Å². The SMILES string of the molecule is CCCCN(C)c1cccc(-c2ccccc2)c1. The van der Waals surface area contributed by atoms with Crippen molar-refractivity contribution in [2.24, 2.45) is 0 Å². The van der Waals surface area contributed by atoms with Crippen LogP contribution >= 0.6 is 0 Å². The highest BCUT2D eigenvalue weighted by atomic mass is 15.1. The highest BCUT2D eigenvalue weighted by Crippen LogP contribution is 2.24. The van der Waals surface area contributed by atoms with Gasteiger partial charge in [0.2, 0.25) is 0 Å². The van der Waals surface area contributed by atoms with Crippen LogP contribution in [0.25, 0.3) is 11.1 Å². The van der Waals surface area contributed by atoms with Gasteiger partial charge in [-0.3, -0.25) is 0 Å². The number of benzene rings is 2. The van der Waals surface area contributed by atoms with E-state index >= 15 is 0 Å². The van der Waals surface area contributed by atoms with Gasteiger partial charge in [0.1, 0.15) is 0 Å². The summed E-state index contributed by atoms with van der Waals surface area (Å²) >= 11 is 0. The molecule has 0 aliphatic rings. The Balaban J connectivity index is 2.20. The zero-order valence-corrected chi connectivity index (χ0v) is 11.3. The Labute approximate surface area is 110 Å². The van der Waals surface area contributed by atoms with Gasteiger partial charge in [-0.15, -0.1) is 0 Å². The van der Waals surface area contributed by atoms with Gasteiger partial charge in [0, 0.05) is 19.3 Å². The predicted octanol–water partition coefficient (Wildman–Crippen LogP) is 4.59. The third-order valence-electron chi connectivity index (χ3n) is 3.24. The molecule has 94 valence electrons. The van der Waals surface area contributed by atoms with Gasteiger partial charge in [-0.25, -0.2) is 0 Å². The molecular weight excluding hydrogens is 218 g/mol. The van der Waals surface area contributed by atoms with Crippen molar-refractivity contribution in [2.45, 2.75) is 19.8 Å². The largest absolute Gasteiger partial charge is 0.375 e. The summed E-state index contributed by atoms with van der Waals surface area (Å²) in [5.74, 6) is 0. The maximum atomic E-state index is 2.33. The van der Waals surface area contributed by atoms with Crippen molar-refractivity contribution >= 4 is 5.69 Å². The van der Waals surface area contributed by atoms with Crippen LogP contribution in [0.5, 0.6) is 0 Å². The summed E-state index contributed by atoms with van der Waals surface area (Å²) in [6.07, 6.45) is 2.48. The Hall–Kier alpha value is -1.76. The lowest BCUT2D eigenvalue weighted by atomic mass is 10.1. The van der Waals surface area contributed by atoms with E-state index in [1.807, 2.05) is 0 Å². The molecule has 0 aliphatic carbocycles. The number of unbranched alkanes of at least 4 members (excludes halogenated alkanes) is 1. The number of hydrogen-bond acceptors (Lipinski definition) is 1. The Kier molecular flexibility index (Phi) is 4.40. The lowest BCUT2D eigenvalue weighted by Crippen LogP contribution is -2.18. The van der Waals surface area contributed by atoms with Gasteiger partial charge >= 0.3 is 0 Å². The van der Waals surface area contributed by atoms with E-state index in [4.69, 9.17) is 0 Å². The van der Waals surface area contributed by atoms with Crippen molar-refractivity contribution in [3.8, 4) is 11.1 Å². The Bertz CT molecular complexity index is 476. The molecule has 1 nitrogen and oxygen atoms in total. The zero-order chi connectivity index (χ0) is 12.8. The van der Waals surface area contributed by atoms with Gasteiger partial charge in [-0.05, 0) is 29.7 Å². The summed E-state index contributed by atoms with van der Waals surface area (Å²) in [4.78, 5) is 2.33. The molecule has 0 atom stereocenters. The van der Waals surface area contributed by atoms with Crippen molar-refractivity contribution in [3.05, 3.63) is 54.6 Å². The molecule has 1 heteroatoms. The summed E-state index contributed by atoms with van der Waals surface area (Å²) in [6.45, 7) is 3.35. The van der Waals surface area contributed by atoms with Crippen LogP contribution in [0.4, 0.5) is 5.69 Å². The van der Waals surface area contributed by atoms with Crippen molar-refractivity contribution < 1.29 is 0 Å². The topological polar surface area (TPSA) is 3.24 Å². The second kappa shape index (κ2) is 6.25. The Morgan fingerprint density at radius 2 is 1.61 bits per heavy atom. The average molecular weight is 239 g/mol. The van der Waals surface area contributed by atoms with Crippen molar-refractivity contribution in [1.82, 2.24) is 0 Å². The molecule has 0 heterocycles. The van der Waals surface area contributed by atoms with Gasteiger partial charge in [-0.1, -0.05) is 55.8 Å². The summed E-state index contributed by atoms with van der Waals surface area (Å²) in [5.41, 5.74) is 3.87. The summed E-state index contributed by atoms with van der Waals surface area (Å²) < 4.78 is 0. The standard InChI is InChI=1S/C17H21N/c1-3-4-13-18(2)17-12-8-11-16(14-17)15-9-6-5-7-10-15/h5-12,14H,3-4,13H2,1-2H3. The molecule has 0 radical (unpaired) electrons. The minimum atomic E-state index is 1.12. The van der Waals surface area contributed by atoms with Gasteiger partial charge in [0.15, 0.2) is 0 Å². The van der Waals surface area contributed by atoms with Gasteiger partial charge in [-0.2, -0.15) is 0 Å². The van der Waals surface area contributed by atoms with Gasteiger partial charge < -0.3 is 4.90 Å². The number of anilines is 1. The fourth-order valence-electron chi connectivity index (χ4n) is 2.08. The van der Waals surface area contributed by atoms with Crippen molar-refractivity contribution in [3.63, 3.8) is 0 Å². The first-order valence-electron chi connectivity index (χ1n) is 6.68. The van der Waals surface area contributed by atoms with Crippen LogP contribution in [0.15, 0.2) is 54.6 Å². The molecule has 0 N–H and O–H groups in total. The van der Waals surface area contributed by atoms with E-state index in [0.717, 1.165) is 6.54 Å². The first-order chi connectivity index (χ1) is 8.81. The molecule has 0 bridgehead atoms. The fourth-order valence-corrected chi connectivity index (χ4v) is 2.08. The van der Waals surface area contributed by atoms with Crippen molar-refractivity contribution in [1.29, 1.82) is 0 Å². The molecule has 2 rings (SSSR count). The van der Waals surface area contributed by atoms with E-state index in [9.17, 15) is 0 Å². The summed E-state index contributed by atoms with van der Waals surface area (Å²) in [6, 6.07) is 19.3. The Morgan fingerprint density at radius 3 is 2.33 bits per heavy atom. The van der Waals surface area contributed by atoms with Gasteiger partial charge in [0.05, 0.1) is 0 Å². The minimum Gasteiger partial charge on any atom is -0.375 e. The smallest absolute Gasteiger partial charge is 0.0369 e. The molecule has 2 aromatic rings. The van der Waals surface area contributed by atoms with E-state index in [1.165, 1.54) is 29.7 Å². The maximum absolute atomic E-state index is 2.33. The second-order valence-corrected chi connectivity index (χ2v) is 4.69. The Morgan fingerprint density at radius 1 is 0.889 bits per heavy atom. The van der Waals surface area contributed by atoms with Crippen LogP contribution in [0.2, 0.25) is 0 Å². The first-order valence-corrected chi connectivity index (χ1v) is 6.68. The number of nitrogens with zero attached hydrogens (tertiary/aromatic N) is 1.